The maximum absolute atomic E-state index is 5.65. The second kappa shape index (κ2) is 48.5. The van der Waals surface area contributed by atoms with Crippen LogP contribution in [0.4, 0.5) is 0 Å². The molecule has 0 spiro atoms. The van der Waals surface area contributed by atoms with Crippen molar-refractivity contribution in [2.24, 2.45) is 0 Å². The molecule has 0 aliphatic rings. The second-order valence-corrected chi connectivity index (χ2v) is 11.5. The summed E-state index contributed by atoms with van der Waals surface area (Å²) in [5.74, 6) is 0. The fourth-order valence-corrected chi connectivity index (χ4v) is 4.35. The molecule has 0 aromatic heterocycles. The molecule has 0 aliphatic carbocycles. The molecule has 0 saturated carbocycles. The van der Waals surface area contributed by atoms with Gasteiger partial charge in [0, 0.05) is 13.7 Å². The third-order valence-electron chi connectivity index (χ3n) is 7.17. The molecule has 0 heterocycles. The first-order valence-electron chi connectivity index (χ1n) is 19.3. The molecule has 0 aliphatic heterocycles. The van der Waals surface area contributed by atoms with Gasteiger partial charge in [0.2, 0.25) is 0 Å². The quantitative estimate of drug-likeness (QED) is 0.0803. The highest BCUT2D eigenvalue weighted by atomic mass is 16.6. The fourth-order valence-electron chi connectivity index (χ4n) is 4.35. The van der Waals surface area contributed by atoms with Gasteiger partial charge in [-0.2, -0.15) is 0 Å². The van der Waals surface area contributed by atoms with Crippen molar-refractivity contribution in [3.05, 3.63) is 0 Å². The van der Waals surface area contributed by atoms with Gasteiger partial charge >= 0.3 is 0 Å². The summed E-state index contributed by atoms with van der Waals surface area (Å²) in [4.78, 5) is 0. The molecule has 0 atom stereocenters. The van der Waals surface area contributed by atoms with Crippen LogP contribution in [0.15, 0.2) is 0 Å². The number of methoxy groups -OCH3 is 1. The van der Waals surface area contributed by atoms with Gasteiger partial charge in [-0.3, -0.25) is 0 Å². The van der Waals surface area contributed by atoms with Crippen LogP contribution < -0.4 is 0 Å². The molecule has 0 aromatic rings. The largest absolute Gasteiger partial charge is 0.382 e. The number of ether oxygens (including phenoxy) is 13. The summed E-state index contributed by atoms with van der Waals surface area (Å²) in [6, 6.07) is 0. The summed E-state index contributed by atoms with van der Waals surface area (Å²) < 4.78 is 70.7. The van der Waals surface area contributed by atoms with Crippen LogP contribution in [0.25, 0.3) is 0 Å². The average Bonchev–Trinajstić information content (AvgIpc) is 3.13. The van der Waals surface area contributed by atoms with Gasteiger partial charge in [0.15, 0.2) is 0 Å². The topological polar surface area (TPSA) is 120 Å². The first-order valence-corrected chi connectivity index (χ1v) is 19.3. The summed E-state index contributed by atoms with van der Waals surface area (Å²) in [6.07, 6.45) is 13.4. The SMILES string of the molecule is CCCCCCCCCCCCOCCOCCOCCOCCOCCOCCOCCOCCOCCOCCOCCOCCOC. The molecular formula is C37H76O13. The van der Waals surface area contributed by atoms with E-state index in [1.54, 1.807) is 7.11 Å². The van der Waals surface area contributed by atoms with Crippen LogP contribution >= 0.6 is 0 Å². The lowest BCUT2D eigenvalue weighted by atomic mass is 10.1. The molecule has 50 heavy (non-hydrogen) atoms. The summed E-state index contributed by atoms with van der Waals surface area (Å²) in [5, 5.41) is 0. The van der Waals surface area contributed by atoms with Crippen molar-refractivity contribution in [2.45, 2.75) is 71.1 Å². The van der Waals surface area contributed by atoms with Crippen molar-refractivity contribution >= 4 is 0 Å². The van der Waals surface area contributed by atoms with Crippen molar-refractivity contribution in [2.75, 3.05) is 172 Å². The predicted octanol–water partition coefficient (Wildman–Crippen LogP) is 4.75. The molecule has 13 heteroatoms. The minimum Gasteiger partial charge on any atom is -0.382 e. The lowest BCUT2D eigenvalue weighted by Crippen LogP contribution is -2.15. The first kappa shape index (κ1) is 49.5. The normalized spacial score (nSPS) is 11.6. The number of hydrogen-bond donors (Lipinski definition) is 0. The van der Waals surface area contributed by atoms with Crippen LogP contribution in [0.1, 0.15) is 71.1 Å². The highest BCUT2D eigenvalue weighted by Crippen LogP contribution is 2.10. The molecule has 0 unspecified atom stereocenters. The Hall–Kier alpha value is -0.520. The molecule has 0 N–H and O–H groups in total. The molecule has 0 amide bonds. The van der Waals surface area contributed by atoms with Crippen molar-refractivity contribution in [1.29, 1.82) is 0 Å². The molecule has 0 saturated heterocycles. The van der Waals surface area contributed by atoms with Crippen molar-refractivity contribution in [1.82, 2.24) is 0 Å². The molecule has 302 valence electrons. The van der Waals surface area contributed by atoms with E-state index in [9.17, 15) is 0 Å². The van der Waals surface area contributed by atoms with Gasteiger partial charge < -0.3 is 61.6 Å². The molecule has 0 radical (unpaired) electrons. The zero-order valence-corrected chi connectivity index (χ0v) is 32.1. The maximum Gasteiger partial charge on any atom is 0.0701 e. The van der Waals surface area contributed by atoms with Crippen molar-refractivity contribution < 1.29 is 61.6 Å². The van der Waals surface area contributed by atoms with Crippen LogP contribution in [0.5, 0.6) is 0 Å². The Balaban J connectivity index is 3.04. The Bertz CT molecular complexity index is 529. The minimum atomic E-state index is 0.517. The van der Waals surface area contributed by atoms with Crippen molar-refractivity contribution in [3.8, 4) is 0 Å². The molecule has 0 fully saturated rings. The summed E-state index contributed by atoms with van der Waals surface area (Å²) in [7, 11) is 1.65. The first-order chi connectivity index (χ1) is 24.9. The van der Waals surface area contributed by atoms with Crippen LogP contribution in [0, 0.1) is 0 Å². The number of rotatable bonds is 47. The van der Waals surface area contributed by atoms with E-state index in [4.69, 9.17) is 61.6 Å². The maximum atomic E-state index is 5.65. The average molecular weight is 729 g/mol. The smallest absolute Gasteiger partial charge is 0.0701 e. The Morgan fingerprint density at radius 2 is 0.380 bits per heavy atom. The summed E-state index contributed by atoms with van der Waals surface area (Å²) in [5.41, 5.74) is 0. The van der Waals surface area contributed by atoms with Gasteiger partial charge in [0.1, 0.15) is 0 Å². The fraction of sp³-hybridized carbons (Fsp3) is 1.00. The Morgan fingerprint density at radius 3 is 0.600 bits per heavy atom. The van der Waals surface area contributed by atoms with Crippen LogP contribution in [0.2, 0.25) is 0 Å². The second-order valence-electron chi connectivity index (χ2n) is 11.5. The van der Waals surface area contributed by atoms with Crippen LogP contribution in [-0.2, 0) is 61.6 Å². The number of hydrogen-bond acceptors (Lipinski definition) is 13. The molecular weight excluding hydrogens is 652 g/mol. The van der Waals surface area contributed by atoms with E-state index in [-0.39, 0.29) is 0 Å². The van der Waals surface area contributed by atoms with E-state index in [0.29, 0.717) is 159 Å². The van der Waals surface area contributed by atoms with Gasteiger partial charge in [-0.1, -0.05) is 64.7 Å². The van der Waals surface area contributed by atoms with Crippen LogP contribution in [-0.4, -0.2) is 172 Å². The summed E-state index contributed by atoms with van der Waals surface area (Å²) >= 11 is 0. The number of unbranched alkanes of at least 4 members (excludes halogenated alkanes) is 9. The molecule has 0 rings (SSSR count). The van der Waals surface area contributed by atoms with Gasteiger partial charge in [0.25, 0.3) is 0 Å². The Morgan fingerprint density at radius 1 is 0.200 bits per heavy atom. The van der Waals surface area contributed by atoms with Crippen LogP contribution in [0.3, 0.4) is 0 Å². The van der Waals surface area contributed by atoms with Gasteiger partial charge in [-0.25, -0.2) is 0 Å². The van der Waals surface area contributed by atoms with E-state index in [1.807, 2.05) is 0 Å². The third kappa shape index (κ3) is 47.5. The highest BCUT2D eigenvalue weighted by molar-refractivity contribution is 4.47. The third-order valence-corrected chi connectivity index (χ3v) is 7.17. The zero-order chi connectivity index (χ0) is 35.9. The molecule has 0 bridgehead atoms. The van der Waals surface area contributed by atoms with E-state index in [0.717, 1.165) is 13.0 Å². The Kier molecular flexibility index (Phi) is 48.0. The summed E-state index contributed by atoms with van der Waals surface area (Å²) in [6.45, 7) is 16.2. The minimum absolute atomic E-state index is 0.517. The molecule has 0 aromatic carbocycles. The highest BCUT2D eigenvalue weighted by Gasteiger charge is 1.97. The van der Waals surface area contributed by atoms with E-state index >= 15 is 0 Å². The zero-order valence-electron chi connectivity index (χ0n) is 32.1. The van der Waals surface area contributed by atoms with Crippen molar-refractivity contribution in [3.63, 3.8) is 0 Å². The predicted molar refractivity (Wildman–Crippen MR) is 194 cm³/mol. The lowest BCUT2D eigenvalue weighted by Gasteiger charge is -2.09. The van der Waals surface area contributed by atoms with Gasteiger partial charge in [-0.15, -0.1) is 0 Å². The van der Waals surface area contributed by atoms with E-state index in [1.165, 1.54) is 57.8 Å². The lowest BCUT2D eigenvalue weighted by molar-refractivity contribution is -0.0287. The van der Waals surface area contributed by atoms with Gasteiger partial charge in [-0.05, 0) is 6.42 Å². The molecule has 13 nitrogen and oxygen atoms in total. The van der Waals surface area contributed by atoms with Gasteiger partial charge in [0.05, 0.1) is 159 Å². The monoisotopic (exact) mass is 729 g/mol. The van der Waals surface area contributed by atoms with E-state index in [2.05, 4.69) is 6.92 Å². The Labute approximate surface area is 304 Å². The standard InChI is InChI=1S/C37H76O13/c1-3-4-5-6-7-8-9-10-11-12-13-39-16-17-41-20-21-43-24-25-45-28-29-47-32-33-49-36-37-50-35-34-48-31-30-46-27-26-44-23-22-42-19-18-40-15-14-38-2/h3-37H2,1-2H3. The van der Waals surface area contributed by atoms with E-state index < -0.39 is 0 Å².